The molecule has 2 aromatic carbocycles. The molecule has 0 saturated carbocycles. The van der Waals surface area contributed by atoms with E-state index in [4.69, 9.17) is 33.0 Å². The van der Waals surface area contributed by atoms with Gasteiger partial charge in [0.05, 0.1) is 5.02 Å². The molecule has 21 heavy (non-hydrogen) atoms. The van der Waals surface area contributed by atoms with Crippen LogP contribution in [-0.4, -0.2) is 11.1 Å². The number of carbonyl (C=O) groups is 1. The van der Waals surface area contributed by atoms with Crippen LogP contribution in [0.2, 0.25) is 10.0 Å². The fraction of sp³-hybridized carbons (Fsp3) is 0.0714. The Hall–Kier alpha value is -1.30. The molecule has 110 valence electrons. The van der Waals surface area contributed by atoms with Gasteiger partial charge in [0, 0.05) is 15.1 Å². The summed E-state index contributed by atoms with van der Waals surface area (Å²) >= 11 is 14.9. The van der Waals surface area contributed by atoms with Crippen molar-refractivity contribution in [1.29, 1.82) is 0 Å². The fourth-order valence-electron chi connectivity index (χ4n) is 1.67. The summed E-state index contributed by atoms with van der Waals surface area (Å²) in [5.41, 5.74) is 0.0923. The lowest BCUT2D eigenvalue weighted by molar-refractivity contribution is 0.0691. The molecule has 0 heterocycles. The quantitative estimate of drug-likeness (QED) is 0.779. The van der Waals surface area contributed by atoms with Gasteiger partial charge in [0.15, 0.2) is 5.75 Å². The Morgan fingerprint density at radius 1 is 1.29 bits per heavy atom. The number of aromatic carboxylic acids is 1. The van der Waals surface area contributed by atoms with Crippen molar-refractivity contribution in [3.8, 4) is 5.75 Å². The molecule has 0 aliphatic carbocycles. The zero-order valence-electron chi connectivity index (χ0n) is 10.4. The van der Waals surface area contributed by atoms with E-state index in [1.54, 1.807) is 12.1 Å². The van der Waals surface area contributed by atoms with Gasteiger partial charge < -0.3 is 9.84 Å². The second-order valence-corrected chi connectivity index (χ2v) is 5.85. The monoisotopic (exact) mass is 392 g/mol. The van der Waals surface area contributed by atoms with Crippen LogP contribution in [0.1, 0.15) is 15.9 Å². The maximum Gasteiger partial charge on any atom is 0.339 e. The normalized spacial score (nSPS) is 10.5. The SMILES string of the molecule is O=C(O)c1cc(Cl)cc(Cl)c1OCc1cc(Br)ccc1F. The lowest BCUT2D eigenvalue weighted by Crippen LogP contribution is -2.05. The van der Waals surface area contributed by atoms with Gasteiger partial charge in [-0.1, -0.05) is 39.1 Å². The third kappa shape index (κ3) is 3.87. The number of carboxylic acid groups (broad SMARTS) is 1. The van der Waals surface area contributed by atoms with Gasteiger partial charge >= 0.3 is 5.97 Å². The number of rotatable bonds is 4. The Morgan fingerprint density at radius 3 is 2.67 bits per heavy atom. The topological polar surface area (TPSA) is 46.5 Å². The van der Waals surface area contributed by atoms with E-state index in [0.29, 0.717) is 4.47 Å². The number of hydrogen-bond donors (Lipinski definition) is 1. The molecule has 0 saturated heterocycles. The maximum absolute atomic E-state index is 13.6. The van der Waals surface area contributed by atoms with Gasteiger partial charge in [0.1, 0.15) is 18.0 Å². The zero-order valence-corrected chi connectivity index (χ0v) is 13.5. The van der Waals surface area contributed by atoms with E-state index >= 15 is 0 Å². The molecule has 0 aliphatic heterocycles. The summed E-state index contributed by atoms with van der Waals surface area (Å²) in [7, 11) is 0. The molecule has 0 bridgehead atoms. The van der Waals surface area contributed by atoms with Gasteiger partial charge in [-0.25, -0.2) is 9.18 Å². The number of ether oxygens (including phenoxy) is 1. The predicted octanol–water partition coefficient (Wildman–Crippen LogP) is 5.17. The van der Waals surface area contributed by atoms with Crippen LogP contribution in [0.3, 0.4) is 0 Å². The number of carboxylic acids is 1. The molecule has 2 aromatic rings. The molecule has 0 aromatic heterocycles. The highest BCUT2D eigenvalue weighted by atomic mass is 79.9. The van der Waals surface area contributed by atoms with Crippen molar-refractivity contribution < 1.29 is 19.0 Å². The van der Waals surface area contributed by atoms with E-state index in [-0.39, 0.29) is 33.5 Å². The molecule has 0 radical (unpaired) electrons. The van der Waals surface area contributed by atoms with Gasteiger partial charge in [-0.05, 0) is 30.3 Å². The second kappa shape index (κ2) is 6.64. The molecule has 3 nitrogen and oxygen atoms in total. The average Bonchev–Trinajstić information content (AvgIpc) is 2.40. The first-order valence-electron chi connectivity index (χ1n) is 5.67. The Morgan fingerprint density at radius 2 is 2.00 bits per heavy atom. The number of halogens is 4. The Bertz CT molecular complexity index is 707. The van der Waals surface area contributed by atoms with Crippen molar-refractivity contribution >= 4 is 45.1 Å². The first-order chi connectivity index (χ1) is 9.88. The predicted molar refractivity (Wildman–Crippen MR) is 81.9 cm³/mol. The number of hydrogen-bond acceptors (Lipinski definition) is 2. The van der Waals surface area contributed by atoms with E-state index in [9.17, 15) is 9.18 Å². The number of benzene rings is 2. The van der Waals surface area contributed by atoms with Crippen molar-refractivity contribution in [3.63, 3.8) is 0 Å². The molecule has 0 amide bonds. The summed E-state index contributed by atoms with van der Waals surface area (Å²) in [6.07, 6.45) is 0. The molecular formula is C14H8BrCl2FO3. The van der Waals surface area contributed by atoms with Gasteiger partial charge in [-0.3, -0.25) is 0 Å². The lowest BCUT2D eigenvalue weighted by atomic mass is 10.2. The van der Waals surface area contributed by atoms with Crippen molar-refractivity contribution in [2.75, 3.05) is 0 Å². The van der Waals surface area contributed by atoms with Crippen molar-refractivity contribution in [1.82, 2.24) is 0 Å². The largest absolute Gasteiger partial charge is 0.486 e. The van der Waals surface area contributed by atoms with Crippen LogP contribution >= 0.6 is 39.1 Å². The van der Waals surface area contributed by atoms with Crippen LogP contribution in [0.25, 0.3) is 0 Å². The minimum Gasteiger partial charge on any atom is -0.486 e. The van der Waals surface area contributed by atoms with Crippen molar-refractivity contribution in [3.05, 3.63) is 61.8 Å². The van der Waals surface area contributed by atoms with Crippen LogP contribution in [0, 0.1) is 5.82 Å². The van der Waals surface area contributed by atoms with Crippen LogP contribution < -0.4 is 4.74 Å². The Balaban J connectivity index is 2.32. The molecule has 7 heteroatoms. The molecule has 1 N–H and O–H groups in total. The highest BCUT2D eigenvalue weighted by molar-refractivity contribution is 9.10. The lowest BCUT2D eigenvalue weighted by Gasteiger charge is -2.12. The fourth-order valence-corrected chi connectivity index (χ4v) is 2.63. The summed E-state index contributed by atoms with van der Waals surface area (Å²) in [6.45, 7) is -0.160. The molecule has 0 unspecified atom stereocenters. The van der Waals surface area contributed by atoms with Crippen LogP contribution in [0.15, 0.2) is 34.8 Å². The average molecular weight is 394 g/mol. The zero-order chi connectivity index (χ0) is 15.6. The summed E-state index contributed by atoms with van der Waals surface area (Å²) < 4.78 is 19.7. The molecular weight excluding hydrogens is 386 g/mol. The highest BCUT2D eigenvalue weighted by Gasteiger charge is 2.17. The van der Waals surface area contributed by atoms with E-state index in [0.717, 1.165) is 0 Å². The van der Waals surface area contributed by atoms with Gasteiger partial charge in [-0.2, -0.15) is 0 Å². The third-order valence-electron chi connectivity index (χ3n) is 2.62. The standard InChI is InChI=1S/C14H8BrCl2FO3/c15-8-1-2-12(18)7(3-8)6-21-13-10(14(19)20)4-9(16)5-11(13)17/h1-5H,6H2,(H,19,20). The summed E-state index contributed by atoms with van der Waals surface area (Å²) in [4.78, 5) is 11.2. The smallest absolute Gasteiger partial charge is 0.339 e. The minimum atomic E-state index is -1.23. The van der Waals surface area contributed by atoms with Crippen molar-refractivity contribution in [2.24, 2.45) is 0 Å². The summed E-state index contributed by atoms with van der Waals surface area (Å²) in [5, 5.41) is 9.36. The molecule has 0 spiro atoms. The Kier molecular flexibility index (Phi) is 5.08. The molecule has 2 rings (SSSR count). The van der Waals surface area contributed by atoms with E-state index in [1.165, 1.54) is 18.2 Å². The van der Waals surface area contributed by atoms with Crippen LogP contribution in [0.5, 0.6) is 5.75 Å². The summed E-state index contributed by atoms with van der Waals surface area (Å²) in [5.74, 6) is -1.74. The van der Waals surface area contributed by atoms with E-state index in [2.05, 4.69) is 15.9 Å². The maximum atomic E-state index is 13.6. The third-order valence-corrected chi connectivity index (χ3v) is 3.61. The molecule has 0 atom stereocenters. The minimum absolute atomic E-state index is 0.0482. The van der Waals surface area contributed by atoms with Crippen molar-refractivity contribution in [2.45, 2.75) is 6.61 Å². The van der Waals surface area contributed by atoms with Gasteiger partial charge in [0.25, 0.3) is 0 Å². The van der Waals surface area contributed by atoms with E-state index < -0.39 is 11.8 Å². The van der Waals surface area contributed by atoms with E-state index in [1.807, 2.05) is 0 Å². The van der Waals surface area contributed by atoms with Crippen LogP contribution in [0.4, 0.5) is 4.39 Å². The first kappa shape index (κ1) is 16.1. The van der Waals surface area contributed by atoms with Crippen LogP contribution in [-0.2, 0) is 6.61 Å². The molecule has 0 aliphatic rings. The molecule has 0 fully saturated rings. The Labute approximate surface area is 138 Å². The van der Waals surface area contributed by atoms with Gasteiger partial charge in [-0.15, -0.1) is 0 Å². The highest BCUT2D eigenvalue weighted by Crippen LogP contribution is 2.33. The summed E-state index contributed by atoms with van der Waals surface area (Å²) in [6, 6.07) is 6.96. The first-order valence-corrected chi connectivity index (χ1v) is 7.22. The second-order valence-electron chi connectivity index (χ2n) is 4.09. The van der Waals surface area contributed by atoms with Gasteiger partial charge in [0.2, 0.25) is 0 Å².